The number of methoxy groups -OCH3 is 1. The van der Waals surface area contributed by atoms with E-state index in [9.17, 15) is 13.6 Å². The zero-order valence-electron chi connectivity index (χ0n) is 21.7. The van der Waals surface area contributed by atoms with Gasteiger partial charge in [0.05, 0.1) is 25.4 Å². The summed E-state index contributed by atoms with van der Waals surface area (Å²) in [6.45, 7) is -0.789. The lowest BCUT2D eigenvalue weighted by molar-refractivity contribution is -0.0494. The molecule has 2 aromatic heterocycles. The van der Waals surface area contributed by atoms with E-state index in [0.717, 1.165) is 62.3 Å². The largest absolute Gasteiger partial charge is 0.465 e. The van der Waals surface area contributed by atoms with Crippen molar-refractivity contribution in [2.45, 2.75) is 57.3 Å². The number of nitrogens with zero attached hydrogens (tertiary/aromatic N) is 3. The second-order valence-electron chi connectivity index (χ2n) is 10.6. The number of carbonyl (C=O) groups is 1. The summed E-state index contributed by atoms with van der Waals surface area (Å²) < 4.78 is 47.8. The fraction of sp³-hybridized carbons (Fsp3) is 0.483. The Hall–Kier alpha value is -3.53. The molecule has 3 atom stereocenters. The zero-order chi connectivity index (χ0) is 26.9. The van der Waals surface area contributed by atoms with Crippen LogP contribution in [0.1, 0.15) is 59.7 Å². The van der Waals surface area contributed by atoms with Gasteiger partial charge in [0, 0.05) is 36.3 Å². The van der Waals surface area contributed by atoms with Crippen LogP contribution in [-0.4, -0.2) is 49.0 Å². The summed E-state index contributed by atoms with van der Waals surface area (Å²) in [5, 5.41) is 4.28. The third-order valence-electron chi connectivity index (χ3n) is 8.08. The molecule has 1 aromatic carbocycles. The predicted molar refractivity (Wildman–Crippen MR) is 138 cm³/mol. The second kappa shape index (κ2) is 10.9. The first-order valence-electron chi connectivity index (χ1n) is 13.4. The number of carbonyl (C=O) groups excluding carboxylic acids is 1. The number of pyridine rings is 1. The Morgan fingerprint density at radius 1 is 1.10 bits per heavy atom. The molecule has 6 rings (SSSR count). The Morgan fingerprint density at radius 3 is 2.67 bits per heavy atom. The Bertz CT molecular complexity index is 1310. The molecule has 3 aromatic rings. The minimum atomic E-state index is -2.93. The van der Waals surface area contributed by atoms with Gasteiger partial charge in [-0.1, -0.05) is 17.3 Å². The maximum absolute atomic E-state index is 13.0. The molecule has 3 fully saturated rings. The smallest absolute Gasteiger partial charge is 0.387 e. The molecule has 3 heterocycles. The molecule has 3 aliphatic rings. The number of hydrogen-bond acceptors (Lipinski definition) is 8. The molecule has 206 valence electrons. The first kappa shape index (κ1) is 25.7. The number of esters is 1. The number of fused-ring (bicyclic) bond motifs is 1. The van der Waals surface area contributed by atoms with Crippen molar-refractivity contribution in [1.29, 1.82) is 0 Å². The molecule has 1 aliphatic heterocycles. The predicted octanol–water partition coefficient (Wildman–Crippen LogP) is 5.82. The van der Waals surface area contributed by atoms with Crippen LogP contribution in [0.4, 0.5) is 14.6 Å². The van der Waals surface area contributed by atoms with E-state index in [2.05, 4.69) is 15.0 Å². The van der Waals surface area contributed by atoms with Crippen molar-refractivity contribution in [3.8, 4) is 17.0 Å². The van der Waals surface area contributed by atoms with Crippen molar-refractivity contribution in [2.24, 2.45) is 11.8 Å². The number of rotatable bonds is 9. The number of alkyl halides is 2. The summed E-state index contributed by atoms with van der Waals surface area (Å²) in [4.78, 5) is 18.5. The average Bonchev–Trinajstić information content (AvgIpc) is 3.56. The van der Waals surface area contributed by atoms with Crippen LogP contribution >= 0.6 is 0 Å². The van der Waals surface area contributed by atoms with Crippen molar-refractivity contribution in [3.05, 3.63) is 59.5 Å². The number of hydrogen-bond donors (Lipinski definition) is 0. The van der Waals surface area contributed by atoms with Gasteiger partial charge < -0.3 is 23.6 Å². The molecule has 8 nitrogen and oxygen atoms in total. The molecular weight excluding hydrogens is 508 g/mol. The van der Waals surface area contributed by atoms with Crippen LogP contribution < -0.4 is 9.64 Å². The Kier molecular flexibility index (Phi) is 7.20. The molecule has 2 aliphatic carbocycles. The lowest BCUT2D eigenvalue weighted by atomic mass is 9.80. The minimum absolute atomic E-state index is 0.0733. The fourth-order valence-electron chi connectivity index (χ4n) is 5.94. The molecule has 1 saturated heterocycles. The second-order valence-corrected chi connectivity index (χ2v) is 10.6. The number of para-hydroxylation sites is 1. The molecule has 0 bridgehead atoms. The maximum atomic E-state index is 13.0. The third kappa shape index (κ3) is 5.48. The van der Waals surface area contributed by atoms with Crippen molar-refractivity contribution in [1.82, 2.24) is 10.1 Å². The highest BCUT2D eigenvalue weighted by molar-refractivity contribution is 5.89. The van der Waals surface area contributed by atoms with E-state index in [1.807, 2.05) is 6.07 Å². The van der Waals surface area contributed by atoms with Gasteiger partial charge in [0.15, 0.2) is 0 Å². The van der Waals surface area contributed by atoms with Gasteiger partial charge in [0.25, 0.3) is 0 Å². The van der Waals surface area contributed by atoms with E-state index in [0.29, 0.717) is 41.2 Å². The van der Waals surface area contributed by atoms with Crippen LogP contribution in [0.3, 0.4) is 0 Å². The van der Waals surface area contributed by atoms with Gasteiger partial charge in [0.2, 0.25) is 0 Å². The SMILES string of the molecule is COC(=O)c1ccc(N2C[C@H]3C[C@H](OCc4c(-c5ccccc5OC(F)F)noc4C4CC4)CC[C@H]3C2)nc1. The highest BCUT2D eigenvalue weighted by Gasteiger charge is 2.39. The van der Waals surface area contributed by atoms with E-state index in [1.54, 1.807) is 30.5 Å². The van der Waals surface area contributed by atoms with Gasteiger partial charge in [-0.2, -0.15) is 8.78 Å². The monoisotopic (exact) mass is 539 g/mol. The van der Waals surface area contributed by atoms with Gasteiger partial charge in [0.1, 0.15) is 23.0 Å². The lowest BCUT2D eigenvalue weighted by Gasteiger charge is -2.30. The molecule has 0 radical (unpaired) electrons. The number of anilines is 1. The van der Waals surface area contributed by atoms with Gasteiger partial charge >= 0.3 is 12.6 Å². The summed E-state index contributed by atoms with van der Waals surface area (Å²) in [5.41, 5.74) is 2.25. The number of halogens is 2. The Morgan fingerprint density at radius 2 is 1.92 bits per heavy atom. The molecule has 0 N–H and O–H groups in total. The maximum Gasteiger partial charge on any atom is 0.387 e. The molecule has 2 saturated carbocycles. The number of ether oxygens (including phenoxy) is 3. The topological polar surface area (TPSA) is 86.9 Å². The van der Waals surface area contributed by atoms with E-state index < -0.39 is 12.6 Å². The van der Waals surface area contributed by atoms with E-state index in [1.165, 1.54) is 13.2 Å². The lowest BCUT2D eigenvalue weighted by Crippen LogP contribution is -2.28. The highest BCUT2D eigenvalue weighted by Crippen LogP contribution is 2.46. The quantitative estimate of drug-likeness (QED) is 0.314. The third-order valence-corrected chi connectivity index (χ3v) is 8.08. The number of aromatic nitrogens is 2. The van der Waals surface area contributed by atoms with Crippen LogP contribution in [0.5, 0.6) is 5.75 Å². The van der Waals surface area contributed by atoms with E-state index >= 15 is 0 Å². The molecular formula is C29H31F2N3O5. The van der Waals surface area contributed by atoms with Crippen LogP contribution in [0.25, 0.3) is 11.3 Å². The first-order valence-corrected chi connectivity index (χ1v) is 13.4. The molecule has 0 spiro atoms. The molecule has 39 heavy (non-hydrogen) atoms. The minimum Gasteiger partial charge on any atom is -0.465 e. The summed E-state index contributed by atoms with van der Waals surface area (Å²) in [7, 11) is 1.36. The van der Waals surface area contributed by atoms with E-state index in [4.69, 9.17) is 18.7 Å². The highest BCUT2D eigenvalue weighted by atomic mass is 19.3. The Balaban J connectivity index is 1.13. The van der Waals surface area contributed by atoms with Crippen LogP contribution in [-0.2, 0) is 16.1 Å². The summed E-state index contributed by atoms with van der Waals surface area (Å²) in [6, 6.07) is 10.3. The van der Waals surface area contributed by atoms with Crippen LogP contribution in [0.2, 0.25) is 0 Å². The van der Waals surface area contributed by atoms with Gasteiger partial charge in [-0.15, -0.1) is 0 Å². The van der Waals surface area contributed by atoms with Crippen molar-refractivity contribution < 1.29 is 32.3 Å². The summed E-state index contributed by atoms with van der Waals surface area (Å²) >= 11 is 0. The summed E-state index contributed by atoms with van der Waals surface area (Å²) in [5.74, 6) is 2.68. The van der Waals surface area contributed by atoms with Crippen molar-refractivity contribution in [3.63, 3.8) is 0 Å². The normalized spacial score (nSPS) is 22.7. The van der Waals surface area contributed by atoms with Gasteiger partial charge in [-0.05, 0) is 68.2 Å². The van der Waals surface area contributed by atoms with Crippen LogP contribution in [0.15, 0.2) is 47.1 Å². The fourth-order valence-corrected chi connectivity index (χ4v) is 5.94. The Labute approximate surface area is 225 Å². The zero-order valence-corrected chi connectivity index (χ0v) is 21.7. The molecule has 0 amide bonds. The first-order chi connectivity index (χ1) is 19.0. The van der Waals surface area contributed by atoms with Crippen molar-refractivity contribution in [2.75, 3.05) is 25.1 Å². The summed E-state index contributed by atoms with van der Waals surface area (Å²) in [6.07, 6.45) is 6.64. The van der Waals surface area contributed by atoms with Gasteiger partial charge in [-0.25, -0.2) is 9.78 Å². The van der Waals surface area contributed by atoms with Gasteiger partial charge in [-0.3, -0.25) is 0 Å². The molecule has 0 unspecified atom stereocenters. The number of benzene rings is 1. The van der Waals surface area contributed by atoms with E-state index in [-0.39, 0.29) is 11.9 Å². The average molecular weight is 540 g/mol. The standard InChI is InChI=1S/C29H31F2N3O5/c1-36-28(35)18-9-11-25(32-13-18)34-14-19-8-10-21(12-20(19)15-34)37-16-23-26(33-39-27(23)17-6-7-17)22-4-2-3-5-24(22)38-29(30)31/h2-5,9,11,13,17,19-21,29H,6-8,10,12,14-16H2,1H3/t19-,20+,21+/m0/s1. The van der Waals surface area contributed by atoms with Crippen molar-refractivity contribution >= 4 is 11.8 Å². The van der Waals surface area contributed by atoms with Crippen LogP contribution in [0, 0.1) is 11.8 Å². The molecule has 10 heteroatoms.